The Morgan fingerprint density at radius 3 is 2.88 bits per heavy atom. The first-order valence-corrected chi connectivity index (χ1v) is 8.82. The first-order chi connectivity index (χ1) is 12.1. The molecule has 2 N–H and O–H groups in total. The molecule has 0 fully saturated rings. The molecule has 1 aliphatic heterocycles. The van der Waals surface area contributed by atoms with E-state index in [-0.39, 0.29) is 6.03 Å². The molecule has 0 aromatic carbocycles. The molecule has 0 spiro atoms. The highest BCUT2D eigenvalue weighted by molar-refractivity contribution is 5.73. The highest BCUT2D eigenvalue weighted by atomic mass is 16.2. The molecular formula is C18H26N6O. The molecule has 0 atom stereocenters. The van der Waals surface area contributed by atoms with E-state index in [1.165, 1.54) is 18.7 Å². The zero-order valence-electron chi connectivity index (χ0n) is 15.0. The number of imidazole rings is 1. The van der Waals surface area contributed by atoms with Crippen LogP contribution in [-0.4, -0.2) is 41.2 Å². The normalized spacial score (nSPS) is 13.2. The van der Waals surface area contributed by atoms with Gasteiger partial charge in [0.25, 0.3) is 0 Å². The Morgan fingerprint density at radius 2 is 2.08 bits per heavy atom. The second kappa shape index (κ2) is 8.00. The number of fused-ring (bicyclic) bond motifs is 1. The van der Waals surface area contributed by atoms with Gasteiger partial charge in [-0.2, -0.15) is 0 Å². The zero-order chi connectivity index (χ0) is 17.6. The third-order valence-corrected chi connectivity index (χ3v) is 4.31. The minimum absolute atomic E-state index is 0.180. The van der Waals surface area contributed by atoms with E-state index in [0.29, 0.717) is 13.1 Å². The number of nitrogens with one attached hydrogen (secondary N) is 2. The van der Waals surface area contributed by atoms with Crippen LogP contribution in [0.3, 0.4) is 0 Å². The number of amides is 2. The fourth-order valence-electron chi connectivity index (χ4n) is 2.94. The molecule has 0 bridgehead atoms. The van der Waals surface area contributed by atoms with Gasteiger partial charge in [0.2, 0.25) is 0 Å². The van der Waals surface area contributed by atoms with Gasteiger partial charge in [-0.25, -0.2) is 14.8 Å². The predicted octanol–water partition coefficient (Wildman–Crippen LogP) is 1.72. The predicted molar refractivity (Wildman–Crippen MR) is 97.7 cm³/mol. The van der Waals surface area contributed by atoms with Crippen molar-refractivity contribution in [1.29, 1.82) is 0 Å². The maximum Gasteiger partial charge on any atom is 0.315 e. The van der Waals surface area contributed by atoms with E-state index in [1.807, 2.05) is 37.2 Å². The van der Waals surface area contributed by atoms with E-state index in [9.17, 15) is 4.79 Å². The van der Waals surface area contributed by atoms with Crippen molar-refractivity contribution in [3.8, 4) is 0 Å². The van der Waals surface area contributed by atoms with Gasteiger partial charge in [0.05, 0.1) is 17.9 Å². The lowest BCUT2D eigenvalue weighted by atomic mass is 10.2. The van der Waals surface area contributed by atoms with Gasteiger partial charge in [-0.05, 0) is 25.0 Å². The zero-order valence-corrected chi connectivity index (χ0v) is 15.0. The standard InChI is InChI=1S/C18H26N6O/c1-23(2)16-8-5-6-14(21-16)12-20-18(25)19-10-9-15-13-24-11-4-3-7-17(24)22-15/h5-6,8,13H,3-4,7,9-12H2,1-2H3,(H2,19,20,25). The van der Waals surface area contributed by atoms with Gasteiger partial charge in [0.15, 0.2) is 0 Å². The van der Waals surface area contributed by atoms with Crippen LogP contribution in [0.25, 0.3) is 0 Å². The van der Waals surface area contributed by atoms with Crippen LogP contribution in [0.1, 0.15) is 30.1 Å². The molecule has 0 unspecified atom stereocenters. The van der Waals surface area contributed by atoms with Crippen LogP contribution in [0.2, 0.25) is 0 Å². The number of carbonyl (C=O) groups excluding carboxylic acids is 1. The summed E-state index contributed by atoms with van der Waals surface area (Å²) in [6.45, 7) is 2.05. The lowest BCUT2D eigenvalue weighted by Gasteiger charge is -2.12. The molecule has 1 aliphatic rings. The summed E-state index contributed by atoms with van der Waals surface area (Å²) in [6, 6.07) is 5.61. The number of nitrogens with zero attached hydrogens (tertiary/aromatic N) is 4. The fraction of sp³-hybridized carbons (Fsp3) is 0.500. The quantitative estimate of drug-likeness (QED) is 0.838. The number of aromatic nitrogens is 3. The summed E-state index contributed by atoms with van der Waals surface area (Å²) in [6.07, 6.45) is 6.38. The number of anilines is 1. The third-order valence-electron chi connectivity index (χ3n) is 4.31. The van der Waals surface area contributed by atoms with Crippen molar-refractivity contribution >= 4 is 11.8 Å². The fourth-order valence-corrected chi connectivity index (χ4v) is 2.94. The Balaban J connectivity index is 1.41. The summed E-state index contributed by atoms with van der Waals surface area (Å²) in [5.41, 5.74) is 1.89. The van der Waals surface area contributed by atoms with Gasteiger partial charge < -0.3 is 20.1 Å². The molecule has 134 valence electrons. The molecule has 0 radical (unpaired) electrons. The molecule has 2 aromatic heterocycles. The van der Waals surface area contributed by atoms with E-state index in [1.54, 1.807) is 0 Å². The summed E-state index contributed by atoms with van der Waals surface area (Å²) in [7, 11) is 3.89. The minimum Gasteiger partial charge on any atom is -0.363 e. The molecule has 0 aliphatic carbocycles. The first kappa shape index (κ1) is 17.3. The van der Waals surface area contributed by atoms with Crippen molar-refractivity contribution in [2.24, 2.45) is 0 Å². The SMILES string of the molecule is CN(C)c1cccc(CNC(=O)NCCc2cn3c(n2)CCCC3)n1. The summed E-state index contributed by atoms with van der Waals surface area (Å²) in [5, 5.41) is 5.73. The van der Waals surface area contributed by atoms with Gasteiger partial charge >= 0.3 is 6.03 Å². The van der Waals surface area contributed by atoms with Crippen LogP contribution in [-0.2, 0) is 25.9 Å². The molecule has 7 nitrogen and oxygen atoms in total. The van der Waals surface area contributed by atoms with Crippen molar-refractivity contribution in [1.82, 2.24) is 25.2 Å². The molecule has 0 saturated carbocycles. The van der Waals surface area contributed by atoms with Crippen molar-refractivity contribution in [3.05, 3.63) is 41.6 Å². The molecule has 2 amide bonds. The Labute approximate surface area is 148 Å². The summed E-state index contributed by atoms with van der Waals surface area (Å²) >= 11 is 0. The summed E-state index contributed by atoms with van der Waals surface area (Å²) in [5.74, 6) is 2.06. The maximum atomic E-state index is 11.9. The molecule has 0 saturated heterocycles. The molecule has 3 heterocycles. The van der Waals surface area contributed by atoms with Crippen molar-refractivity contribution in [3.63, 3.8) is 0 Å². The third kappa shape index (κ3) is 4.71. The van der Waals surface area contributed by atoms with Crippen LogP contribution in [0, 0.1) is 0 Å². The Bertz CT molecular complexity index is 701. The van der Waals surface area contributed by atoms with E-state index in [0.717, 1.165) is 36.6 Å². The molecule has 7 heteroatoms. The van der Waals surface area contributed by atoms with Crippen molar-refractivity contribution in [2.45, 2.75) is 38.8 Å². The number of carbonyl (C=O) groups is 1. The van der Waals surface area contributed by atoms with Crippen LogP contribution in [0.15, 0.2) is 24.4 Å². The number of pyridine rings is 1. The highest BCUT2D eigenvalue weighted by Gasteiger charge is 2.12. The second-order valence-electron chi connectivity index (χ2n) is 6.54. The minimum atomic E-state index is -0.180. The number of rotatable bonds is 6. The molecule has 2 aromatic rings. The molecule has 3 rings (SSSR count). The lowest BCUT2D eigenvalue weighted by Crippen LogP contribution is -2.36. The average molecular weight is 342 g/mol. The van der Waals surface area contributed by atoms with E-state index < -0.39 is 0 Å². The Morgan fingerprint density at radius 1 is 1.20 bits per heavy atom. The smallest absolute Gasteiger partial charge is 0.315 e. The topological polar surface area (TPSA) is 75.1 Å². The maximum absolute atomic E-state index is 11.9. The largest absolute Gasteiger partial charge is 0.363 e. The number of hydrogen-bond donors (Lipinski definition) is 2. The van der Waals surface area contributed by atoms with Crippen molar-refractivity contribution < 1.29 is 4.79 Å². The van der Waals surface area contributed by atoms with Crippen LogP contribution in [0.4, 0.5) is 10.6 Å². The number of urea groups is 1. The van der Waals surface area contributed by atoms with Gasteiger partial charge in [-0.3, -0.25) is 0 Å². The highest BCUT2D eigenvalue weighted by Crippen LogP contribution is 2.14. The van der Waals surface area contributed by atoms with Gasteiger partial charge in [-0.15, -0.1) is 0 Å². The van der Waals surface area contributed by atoms with Crippen LogP contribution < -0.4 is 15.5 Å². The molecule has 25 heavy (non-hydrogen) atoms. The average Bonchev–Trinajstić information content (AvgIpc) is 3.03. The van der Waals surface area contributed by atoms with Crippen LogP contribution >= 0.6 is 0 Å². The summed E-state index contributed by atoms with van der Waals surface area (Å²) < 4.78 is 2.24. The molecular weight excluding hydrogens is 316 g/mol. The Kier molecular flexibility index (Phi) is 5.53. The second-order valence-corrected chi connectivity index (χ2v) is 6.54. The summed E-state index contributed by atoms with van der Waals surface area (Å²) in [4.78, 5) is 23.0. The van der Waals surface area contributed by atoms with Gasteiger partial charge in [-0.1, -0.05) is 6.07 Å². The lowest BCUT2D eigenvalue weighted by molar-refractivity contribution is 0.240. The monoisotopic (exact) mass is 342 g/mol. The van der Waals surface area contributed by atoms with Crippen molar-refractivity contribution in [2.75, 3.05) is 25.5 Å². The Hall–Kier alpha value is -2.57. The van der Waals surface area contributed by atoms with E-state index >= 15 is 0 Å². The number of aryl methyl sites for hydroxylation is 2. The van der Waals surface area contributed by atoms with Crippen LogP contribution in [0.5, 0.6) is 0 Å². The number of hydrogen-bond acceptors (Lipinski definition) is 4. The van der Waals surface area contributed by atoms with Gasteiger partial charge in [0, 0.05) is 46.2 Å². The van der Waals surface area contributed by atoms with E-state index in [4.69, 9.17) is 0 Å². The first-order valence-electron chi connectivity index (χ1n) is 8.82. The van der Waals surface area contributed by atoms with E-state index in [2.05, 4.69) is 31.4 Å². The van der Waals surface area contributed by atoms with Gasteiger partial charge in [0.1, 0.15) is 11.6 Å².